The molecular formula is C54H68Cl2N8O7. The van der Waals surface area contributed by atoms with Crippen molar-refractivity contribution in [1.82, 2.24) is 30.4 Å². The van der Waals surface area contributed by atoms with Crippen LogP contribution in [0.25, 0.3) is 0 Å². The Morgan fingerprint density at radius 3 is 1.49 bits per heavy atom. The van der Waals surface area contributed by atoms with Gasteiger partial charge in [-0.25, -0.2) is 0 Å². The molecule has 0 saturated heterocycles. The minimum atomic E-state index is -0.892. The number of hydrogen-bond donors (Lipinski definition) is 7. The number of fused-ring (bicyclic) bond motifs is 2. The van der Waals surface area contributed by atoms with E-state index in [1.165, 1.54) is 0 Å². The van der Waals surface area contributed by atoms with Gasteiger partial charge in [-0.2, -0.15) is 0 Å². The first kappa shape index (κ1) is 55.7. The van der Waals surface area contributed by atoms with Crippen LogP contribution in [0.1, 0.15) is 92.0 Å². The lowest BCUT2D eigenvalue weighted by molar-refractivity contribution is -0.142. The predicted molar refractivity (Wildman–Crippen MR) is 279 cm³/mol. The number of benzene rings is 4. The fraction of sp³-hybridized carbons (Fsp3) is 0.407. The summed E-state index contributed by atoms with van der Waals surface area (Å²) < 4.78 is 0. The molecule has 5 aromatic rings. The molecule has 4 atom stereocenters. The number of carbonyl (C=O) groups is 4. The number of nitrogens with two attached hydrogens (primary N) is 2. The van der Waals surface area contributed by atoms with Gasteiger partial charge < -0.3 is 47.1 Å². The van der Waals surface area contributed by atoms with Crippen LogP contribution >= 0.6 is 24.8 Å². The molecule has 71 heavy (non-hydrogen) atoms. The summed E-state index contributed by atoms with van der Waals surface area (Å²) in [4.78, 5) is 79.4. The first-order valence-corrected chi connectivity index (χ1v) is 24.0. The quantitative estimate of drug-likeness (QED) is 0.0609. The summed E-state index contributed by atoms with van der Waals surface area (Å²) >= 11 is 0. The van der Waals surface area contributed by atoms with E-state index < -0.39 is 24.2 Å². The highest BCUT2D eigenvalue weighted by atomic mass is 35.5. The van der Waals surface area contributed by atoms with Gasteiger partial charge in [0.05, 0.1) is 17.8 Å². The summed E-state index contributed by atoms with van der Waals surface area (Å²) in [5.74, 6) is -0.864. The lowest BCUT2D eigenvalue weighted by Crippen LogP contribution is -2.56. The van der Waals surface area contributed by atoms with E-state index in [-0.39, 0.29) is 98.0 Å². The van der Waals surface area contributed by atoms with Gasteiger partial charge in [0.25, 0.3) is 5.56 Å². The Hall–Kier alpha value is -6.26. The third-order valence-electron chi connectivity index (χ3n) is 13.8. The first-order valence-electron chi connectivity index (χ1n) is 24.0. The number of aromatic amines is 1. The van der Waals surface area contributed by atoms with Gasteiger partial charge >= 0.3 is 0 Å². The zero-order valence-electron chi connectivity index (χ0n) is 41.2. The average molecular weight is 1010 g/mol. The molecule has 4 aromatic carbocycles. The molecular weight excluding hydrogens is 944 g/mol. The summed E-state index contributed by atoms with van der Waals surface area (Å²) in [5.41, 5.74) is 23.7. The number of phenols is 2. The molecule has 9 N–H and O–H groups in total. The number of aromatic nitrogens is 2. The van der Waals surface area contributed by atoms with Crippen LogP contribution < -0.4 is 27.7 Å². The fourth-order valence-corrected chi connectivity index (χ4v) is 9.98. The van der Waals surface area contributed by atoms with Gasteiger partial charge in [-0.3, -0.25) is 29.0 Å². The van der Waals surface area contributed by atoms with E-state index >= 15 is 0 Å². The zero-order valence-corrected chi connectivity index (χ0v) is 42.8. The molecule has 0 bridgehead atoms. The van der Waals surface area contributed by atoms with Crippen LogP contribution in [0.15, 0.2) is 77.6 Å². The van der Waals surface area contributed by atoms with Gasteiger partial charge in [-0.1, -0.05) is 48.5 Å². The Bertz CT molecular complexity index is 2750. The van der Waals surface area contributed by atoms with E-state index in [0.717, 1.165) is 55.6 Å². The number of H-pyrrole nitrogens is 1. The number of amides is 4. The van der Waals surface area contributed by atoms with Crippen molar-refractivity contribution in [1.29, 1.82) is 0 Å². The number of carbonyl (C=O) groups excluding carboxylic acids is 4. The molecule has 0 fully saturated rings. The maximum absolute atomic E-state index is 14.0. The summed E-state index contributed by atoms with van der Waals surface area (Å²) in [5, 5.41) is 26.1. The highest BCUT2D eigenvalue weighted by molar-refractivity contribution is 5.91. The van der Waals surface area contributed by atoms with E-state index in [9.17, 15) is 34.2 Å². The van der Waals surface area contributed by atoms with E-state index in [4.69, 9.17) is 11.5 Å². The summed E-state index contributed by atoms with van der Waals surface area (Å²) in [6, 6.07) is 18.9. The molecule has 0 radical (unpaired) electrons. The van der Waals surface area contributed by atoms with Gasteiger partial charge in [0, 0.05) is 44.7 Å². The highest BCUT2D eigenvalue weighted by Crippen LogP contribution is 2.29. The number of phenolic OH excluding ortho intramolecular Hbond substituents is 2. The van der Waals surface area contributed by atoms with Crippen LogP contribution in [0, 0.1) is 34.6 Å². The number of rotatable bonds is 17. The fourth-order valence-electron chi connectivity index (χ4n) is 9.98. The molecule has 17 heteroatoms. The monoisotopic (exact) mass is 1010 g/mol. The van der Waals surface area contributed by atoms with Gasteiger partial charge in [-0.15, -0.1) is 24.8 Å². The number of nitrogens with zero attached hydrogens (tertiary/aromatic N) is 3. The second kappa shape index (κ2) is 24.7. The van der Waals surface area contributed by atoms with E-state index in [2.05, 4.69) is 20.6 Å². The third kappa shape index (κ3) is 13.4. The standard InChI is InChI=1S/C54H66N8O7.2ClH/c1-31-21-40(63)22-32(2)42(31)27-44(55)53(68)61-29-38-15-8-6-13-36(38)25-48(61)51(66)57-19-11-10-17-46-35(5)59-47(50(65)60-46)18-12-20-58-52(67)49-26-37-14-7-9-16-39(37)30-62(49)54(69)45(56)28-43-33(3)23-41(64)24-34(43)4;;/h6-9,13-16,21-24,44-45,48-49,63-64H,10-12,17-20,25-30,55-56H2,1-5H3,(H,57,66)(H,58,67)(H,60,65);2*1H/t44-,45-,48-,49-;;/m0../s1. The van der Waals surface area contributed by atoms with Crippen LogP contribution in [0.4, 0.5) is 0 Å². The number of halogens is 2. The van der Waals surface area contributed by atoms with Crippen molar-refractivity contribution in [3.8, 4) is 11.5 Å². The van der Waals surface area contributed by atoms with Gasteiger partial charge in [0.1, 0.15) is 29.3 Å². The smallest absolute Gasteiger partial charge is 0.269 e. The number of hydrogen-bond acceptors (Lipinski definition) is 10. The van der Waals surface area contributed by atoms with E-state index in [0.29, 0.717) is 68.6 Å². The van der Waals surface area contributed by atoms with E-state index in [1.807, 2.05) is 83.1 Å². The second-order valence-electron chi connectivity index (χ2n) is 18.9. The Balaban J connectivity index is 0.00000469. The summed E-state index contributed by atoms with van der Waals surface area (Å²) in [6.45, 7) is 10.5. The van der Waals surface area contributed by atoms with Crippen LogP contribution in [0.2, 0.25) is 0 Å². The minimum Gasteiger partial charge on any atom is -0.508 e. The second-order valence-corrected chi connectivity index (χ2v) is 18.9. The topological polar surface area (TPSA) is 237 Å². The molecule has 4 amide bonds. The van der Waals surface area contributed by atoms with Crippen molar-refractivity contribution in [2.24, 2.45) is 11.5 Å². The molecule has 3 heterocycles. The molecule has 2 aliphatic rings. The first-order chi connectivity index (χ1) is 33.0. The molecule has 7 rings (SSSR count). The largest absolute Gasteiger partial charge is 0.508 e. The molecule has 2 aliphatic heterocycles. The molecule has 380 valence electrons. The highest BCUT2D eigenvalue weighted by Gasteiger charge is 2.38. The normalized spacial score (nSPS) is 15.8. The molecule has 0 unspecified atom stereocenters. The Morgan fingerprint density at radius 1 is 0.648 bits per heavy atom. The van der Waals surface area contributed by atoms with Gasteiger partial charge in [0.2, 0.25) is 23.6 Å². The van der Waals surface area contributed by atoms with Crippen molar-refractivity contribution < 1.29 is 29.4 Å². The van der Waals surface area contributed by atoms with Crippen LogP contribution in [0.5, 0.6) is 11.5 Å². The third-order valence-corrected chi connectivity index (χ3v) is 13.8. The SMILES string of the molecule is Cc1cc(O)cc(C)c1C[C@H](N)C(=O)N1Cc2ccccc2C[C@H]1C(=O)NCCCCc1[nH]c(=O)c(CCCNC(=O)[C@@H]2Cc3ccccc3CN2C(=O)[C@@H](N)Cc2c(C)cc(O)cc2C)nc1C.Cl.Cl. The lowest BCUT2D eigenvalue weighted by Gasteiger charge is -2.37. The maximum atomic E-state index is 14.0. The van der Waals surface area contributed by atoms with Crippen molar-refractivity contribution in [3.05, 3.63) is 156 Å². The van der Waals surface area contributed by atoms with Crippen LogP contribution in [-0.4, -0.2) is 90.9 Å². The molecule has 1 aromatic heterocycles. The summed E-state index contributed by atoms with van der Waals surface area (Å²) in [7, 11) is 0. The number of unbranched alkanes of at least 4 members (excludes halogenated alkanes) is 1. The molecule has 15 nitrogen and oxygen atoms in total. The van der Waals surface area contributed by atoms with Crippen LogP contribution in [0.3, 0.4) is 0 Å². The summed E-state index contributed by atoms with van der Waals surface area (Å²) in [6.07, 6.45) is 3.90. The van der Waals surface area contributed by atoms with Crippen molar-refractivity contribution in [3.63, 3.8) is 0 Å². The number of nitrogens with one attached hydrogen (secondary N) is 3. The van der Waals surface area contributed by atoms with E-state index in [1.54, 1.807) is 34.1 Å². The van der Waals surface area contributed by atoms with Crippen molar-refractivity contribution in [2.45, 2.75) is 130 Å². The Labute approximate surface area is 428 Å². The number of aryl methyl sites for hydroxylation is 7. The minimum absolute atomic E-state index is 0. The van der Waals surface area contributed by atoms with Crippen molar-refractivity contribution >= 4 is 48.4 Å². The van der Waals surface area contributed by atoms with Gasteiger partial charge in [-0.05, 0) is 159 Å². The van der Waals surface area contributed by atoms with Crippen molar-refractivity contribution in [2.75, 3.05) is 13.1 Å². The van der Waals surface area contributed by atoms with Gasteiger partial charge in [0.15, 0.2) is 0 Å². The lowest BCUT2D eigenvalue weighted by atomic mass is 9.91. The maximum Gasteiger partial charge on any atom is 0.269 e. The molecule has 0 saturated carbocycles. The van der Waals surface area contributed by atoms with Crippen LogP contribution in [-0.2, 0) is 70.8 Å². The Morgan fingerprint density at radius 2 is 1.06 bits per heavy atom. The Kier molecular flexibility index (Phi) is 19.4. The predicted octanol–water partition coefficient (Wildman–Crippen LogP) is 5.10. The molecule has 0 aliphatic carbocycles. The number of aromatic hydroxyl groups is 2. The average Bonchev–Trinajstić information content (AvgIpc) is 3.32. The molecule has 0 spiro atoms. The zero-order chi connectivity index (χ0) is 49.5.